The van der Waals surface area contributed by atoms with Gasteiger partial charge in [0.05, 0.1) is 6.61 Å². The van der Waals surface area contributed by atoms with Crippen LogP contribution in [0.25, 0.3) is 0 Å². The molecule has 1 aromatic carbocycles. The van der Waals surface area contributed by atoms with Crippen molar-refractivity contribution in [3.63, 3.8) is 0 Å². The first-order valence-electron chi connectivity index (χ1n) is 4.60. The Labute approximate surface area is 84.3 Å². The van der Waals surface area contributed by atoms with Crippen LogP contribution in [0.15, 0.2) is 30.3 Å². The Balaban J connectivity index is 0.000000241. The number of benzene rings is 1. The Bertz CT molecular complexity index is 221. The Morgan fingerprint density at radius 3 is 2.36 bits per heavy atom. The van der Waals surface area contributed by atoms with Crippen LogP contribution in [-0.2, 0) is 9.53 Å². The number of phenols is 1. The molecule has 0 atom stereocenters. The van der Waals surface area contributed by atoms with E-state index < -0.39 is 0 Å². The van der Waals surface area contributed by atoms with Gasteiger partial charge in [0, 0.05) is 0 Å². The minimum Gasteiger partial charge on any atom is -0.508 e. The summed E-state index contributed by atoms with van der Waals surface area (Å²) in [6, 6.07) is 8.71. The van der Waals surface area contributed by atoms with Crippen molar-refractivity contribution in [2.24, 2.45) is 0 Å². The molecular formula is C11H16O3. The van der Waals surface area contributed by atoms with Crippen molar-refractivity contribution in [1.29, 1.82) is 0 Å². The van der Waals surface area contributed by atoms with Crippen molar-refractivity contribution in [2.45, 2.75) is 19.8 Å². The monoisotopic (exact) mass is 196 g/mol. The number of phenolic OH excluding ortho intramolecular Hbond substituents is 1. The smallest absolute Gasteiger partial charge is 0.293 e. The van der Waals surface area contributed by atoms with Crippen LogP contribution in [0, 0.1) is 0 Å². The second kappa shape index (κ2) is 9.58. The molecule has 0 radical (unpaired) electrons. The van der Waals surface area contributed by atoms with Crippen LogP contribution in [0.5, 0.6) is 5.75 Å². The molecule has 1 aromatic rings. The van der Waals surface area contributed by atoms with E-state index in [0.717, 1.165) is 12.8 Å². The summed E-state index contributed by atoms with van der Waals surface area (Å²) in [6.45, 7) is 3.10. The number of para-hydroxylation sites is 1. The van der Waals surface area contributed by atoms with E-state index in [1.165, 1.54) is 0 Å². The molecule has 0 saturated carbocycles. The van der Waals surface area contributed by atoms with E-state index in [9.17, 15) is 4.79 Å². The lowest BCUT2D eigenvalue weighted by atomic mass is 10.3. The van der Waals surface area contributed by atoms with Crippen molar-refractivity contribution in [3.8, 4) is 5.75 Å². The number of unbranched alkanes of at least 4 members (excludes halogenated alkanes) is 1. The molecule has 0 fully saturated rings. The Hall–Kier alpha value is -1.51. The zero-order chi connectivity index (χ0) is 10.6. The highest BCUT2D eigenvalue weighted by Crippen LogP contribution is 2.02. The number of aromatic hydroxyl groups is 1. The predicted octanol–water partition coefficient (Wildman–Crippen LogP) is 2.35. The zero-order valence-corrected chi connectivity index (χ0v) is 8.35. The Morgan fingerprint density at radius 1 is 1.36 bits per heavy atom. The predicted molar refractivity (Wildman–Crippen MR) is 55.0 cm³/mol. The molecular weight excluding hydrogens is 180 g/mol. The fraction of sp³-hybridized carbons (Fsp3) is 0.364. The molecule has 0 spiro atoms. The quantitative estimate of drug-likeness (QED) is 0.594. The Kier molecular flexibility index (Phi) is 8.54. The summed E-state index contributed by atoms with van der Waals surface area (Å²) in [6.07, 6.45) is 2.05. The SMILES string of the molecule is CCCCOC=O.Oc1ccccc1. The molecule has 78 valence electrons. The first-order chi connectivity index (χ1) is 6.81. The van der Waals surface area contributed by atoms with Gasteiger partial charge in [-0.3, -0.25) is 4.79 Å². The van der Waals surface area contributed by atoms with Gasteiger partial charge in [-0.25, -0.2) is 0 Å². The molecule has 0 bridgehead atoms. The topological polar surface area (TPSA) is 46.5 Å². The van der Waals surface area contributed by atoms with Crippen LogP contribution in [-0.4, -0.2) is 18.2 Å². The molecule has 0 aliphatic heterocycles. The highest BCUT2D eigenvalue weighted by Gasteiger charge is 1.78. The van der Waals surface area contributed by atoms with Crippen molar-refractivity contribution >= 4 is 6.47 Å². The third-order valence-corrected chi connectivity index (χ3v) is 1.44. The first-order valence-corrected chi connectivity index (χ1v) is 4.60. The Morgan fingerprint density at radius 2 is 2.00 bits per heavy atom. The highest BCUT2D eigenvalue weighted by molar-refractivity contribution is 5.36. The van der Waals surface area contributed by atoms with Crippen molar-refractivity contribution in [3.05, 3.63) is 30.3 Å². The molecule has 0 unspecified atom stereocenters. The summed E-state index contributed by atoms with van der Waals surface area (Å²) in [4.78, 5) is 9.46. The fourth-order valence-electron chi connectivity index (χ4n) is 0.704. The van der Waals surface area contributed by atoms with Gasteiger partial charge in [0.25, 0.3) is 6.47 Å². The van der Waals surface area contributed by atoms with E-state index in [4.69, 9.17) is 5.11 Å². The molecule has 1 rings (SSSR count). The van der Waals surface area contributed by atoms with Gasteiger partial charge in [-0.1, -0.05) is 31.5 Å². The minimum atomic E-state index is 0.322. The van der Waals surface area contributed by atoms with Crippen LogP contribution >= 0.6 is 0 Å². The van der Waals surface area contributed by atoms with Gasteiger partial charge >= 0.3 is 0 Å². The molecule has 0 amide bonds. The van der Waals surface area contributed by atoms with Gasteiger partial charge in [0.2, 0.25) is 0 Å². The van der Waals surface area contributed by atoms with Crippen LogP contribution in [0.1, 0.15) is 19.8 Å². The van der Waals surface area contributed by atoms with E-state index in [-0.39, 0.29) is 0 Å². The normalized spacial score (nSPS) is 8.36. The molecule has 3 heteroatoms. The lowest BCUT2D eigenvalue weighted by Crippen LogP contribution is -1.88. The molecule has 0 aliphatic carbocycles. The van der Waals surface area contributed by atoms with Crippen LogP contribution < -0.4 is 0 Å². The number of rotatable bonds is 4. The summed E-state index contributed by atoms with van der Waals surface area (Å²) >= 11 is 0. The average molecular weight is 196 g/mol. The van der Waals surface area contributed by atoms with Gasteiger partial charge in [0.15, 0.2) is 0 Å². The molecule has 14 heavy (non-hydrogen) atoms. The number of ether oxygens (including phenoxy) is 1. The summed E-state index contributed by atoms with van der Waals surface area (Å²) in [5, 5.41) is 8.63. The average Bonchev–Trinajstić information content (AvgIpc) is 2.21. The van der Waals surface area contributed by atoms with Crippen LogP contribution in [0.4, 0.5) is 0 Å². The zero-order valence-electron chi connectivity index (χ0n) is 8.35. The second-order valence-corrected chi connectivity index (χ2v) is 2.66. The molecule has 3 nitrogen and oxygen atoms in total. The van der Waals surface area contributed by atoms with Gasteiger partial charge in [-0.15, -0.1) is 0 Å². The lowest BCUT2D eigenvalue weighted by molar-refractivity contribution is -0.128. The molecule has 0 aliphatic rings. The maximum absolute atomic E-state index is 9.46. The fourth-order valence-corrected chi connectivity index (χ4v) is 0.704. The third kappa shape index (κ3) is 8.59. The summed E-state index contributed by atoms with van der Waals surface area (Å²) in [7, 11) is 0. The van der Waals surface area contributed by atoms with Gasteiger partial charge in [-0.2, -0.15) is 0 Å². The number of carbonyl (C=O) groups is 1. The van der Waals surface area contributed by atoms with Crippen molar-refractivity contribution in [2.75, 3.05) is 6.61 Å². The summed E-state index contributed by atoms with van der Waals surface area (Å²) in [5.74, 6) is 0.322. The summed E-state index contributed by atoms with van der Waals surface area (Å²) in [5.41, 5.74) is 0. The standard InChI is InChI=1S/C6H6O.C5H10O2/c7-6-4-2-1-3-5-6;1-2-3-4-7-5-6/h1-5,7H;5H,2-4H2,1H3. The first kappa shape index (κ1) is 12.5. The number of hydrogen-bond donors (Lipinski definition) is 1. The largest absolute Gasteiger partial charge is 0.508 e. The van der Waals surface area contributed by atoms with Crippen molar-refractivity contribution in [1.82, 2.24) is 0 Å². The van der Waals surface area contributed by atoms with Crippen LogP contribution in [0.2, 0.25) is 0 Å². The van der Waals surface area contributed by atoms with Gasteiger partial charge < -0.3 is 9.84 Å². The van der Waals surface area contributed by atoms with Gasteiger partial charge in [0.1, 0.15) is 5.75 Å². The van der Waals surface area contributed by atoms with E-state index >= 15 is 0 Å². The molecule has 1 N–H and O–H groups in total. The molecule has 0 heterocycles. The van der Waals surface area contributed by atoms with Gasteiger partial charge in [-0.05, 0) is 18.6 Å². The van der Waals surface area contributed by atoms with Crippen molar-refractivity contribution < 1.29 is 14.6 Å². The number of hydrogen-bond acceptors (Lipinski definition) is 3. The maximum atomic E-state index is 9.46. The third-order valence-electron chi connectivity index (χ3n) is 1.44. The van der Waals surface area contributed by atoms with E-state index in [2.05, 4.69) is 4.74 Å². The maximum Gasteiger partial charge on any atom is 0.293 e. The summed E-state index contributed by atoms with van der Waals surface area (Å²) < 4.78 is 4.39. The second-order valence-electron chi connectivity index (χ2n) is 2.66. The lowest BCUT2D eigenvalue weighted by Gasteiger charge is -1.90. The van der Waals surface area contributed by atoms with E-state index in [0.29, 0.717) is 18.8 Å². The molecule has 0 aromatic heterocycles. The van der Waals surface area contributed by atoms with E-state index in [1.807, 2.05) is 13.0 Å². The number of carbonyl (C=O) groups excluding carboxylic acids is 1. The van der Waals surface area contributed by atoms with E-state index in [1.54, 1.807) is 24.3 Å². The highest BCUT2D eigenvalue weighted by atomic mass is 16.5. The molecule has 0 saturated heterocycles. The van der Waals surface area contributed by atoms with Crippen LogP contribution in [0.3, 0.4) is 0 Å². The minimum absolute atomic E-state index is 0.322.